The summed E-state index contributed by atoms with van der Waals surface area (Å²) in [5.41, 5.74) is 2.30. The number of Topliss-reactive ketones (excluding diaryl/α,β-unsaturated/α-hetero) is 2. The molecule has 2 atom stereocenters. The van der Waals surface area contributed by atoms with E-state index in [0.717, 1.165) is 13.2 Å². The predicted molar refractivity (Wildman–Crippen MR) is 147 cm³/mol. The Morgan fingerprint density at radius 2 is 0.811 bits per heavy atom. The Bertz CT molecular complexity index is 1070. The molecule has 0 saturated carbocycles. The number of ether oxygens (including phenoxy) is 1. The van der Waals surface area contributed by atoms with E-state index in [1.165, 1.54) is 0 Å². The van der Waals surface area contributed by atoms with Gasteiger partial charge in [0.25, 0.3) is 0 Å². The highest BCUT2D eigenvalue weighted by atomic mass is 16.5. The second-order valence-electron chi connectivity index (χ2n) is 7.87. The van der Waals surface area contributed by atoms with Crippen LogP contribution in [0.2, 0.25) is 0 Å². The quantitative estimate of drug-likeness (QED) is 0.281. The molecule has 2 unspecified atom stereocenters. The summed E-state index contributed by atoms with van der Waals surface area (Å²) < 4.78 is 4.83. The van der Waals surface area contributed by atoms with E-state index in [2.05, 4.69) is 0 Å². The average Bonchev–Trinajstić information content (AvgIpc) is 2.98. The fraction of sp³-hybridized carbons (Fsp3) is 0.188. The molecule has 4 aromatic rings. The molecule has 37 heavy (non-hydrogen) atoms. The smallest absolute Gasteiger partial charge is 0.195 e. The Labute approximate surface area is 219 Å². The van der Waals surface area contributed by atoms with Crippen LogP contribution in [0, 0.1) is 0 Å². The highest BCUT2D eigenvalue weighted by Crippen LogP contribution is 2.18. The van der Waals surface area contributed by atoms with Crippen molar-refractivity contribution in [1.82, 2.24) is 0 Å². The Morgan fingerprint density at radius 1 is 0.541 bits per heavy atom. The molecule has 0 aromatic heterocycles. The van der Waals surface area contributed by atoms with E-state index in [1.54, 1.807) is 97.1 Å². The van der Waals surface area contributed by atoms with Gasteiger partial charge in [0.15, 0.2) is 11.6 Å². The van der Waals surface area contributed by atoms with Crippen LogP contribution in [0.25, 0.3) is 0 Å². The molecule has 0 aliphatic carbocycles. The zero-order chi connectivity index (χ0) is 26.9. The SMILES string of the molecule is CCOCC.O=C(c1ccccc1)C(O)c1ccccc1.O=C(c1ccccc1)C(O)c1ccccc1. The lowest BCUT2D eigenvalue weighted by molar-refractivity contribution is 0.0743. The van der Waals surface area contributed by atoms with Crippen molar-refractivity contribution in [2.45, 2.75) is 26.1 Å². The Kier molecular flexibility index (Phi) is 13.2. The molecule has 0 saturated heterocycles. The third kappa shape index (κ3) is 9.94. The molecule has 0 amide bonds. The van der Waals surface area contributed by atoms with Crippen molar-refractivity contribution in [3.63, 3.8) is 0 Å². The van der Waals surface area contributed by atoms with Crippen molar-refractivity contribution in [3.8, 4) is 0 Å². The summed E-state index contributed by atoms with van der Waals surface area (Å²) >= 11 is 0. The van der Waals surface area contributed by atoms with Crippen LogP contribution in [-0.2, 0) is 4.74 Å². The summed E-state index contributed by atoms with van der Waals surface area (Å²) in [5, 5.41) is 19.8. The first-order chi connectivity index (χ1) is 18.0. The number of aliphatic hydroxyl groups is 2. The molecule has 0 aliphatic heterocycles. The van der Waals surface area contributed by atoms with Gasteiger partial charge in [-0.25, -0.2) is 0 Å². The van der Waals surface area contributed by atoms with Crippen LogP contribution >= 0.6 is 0 Å². The van der Waals surface area contributed by atoms with Crippen LogP contribution in [0.15, 0.2) is 121 Å². The number of hydrogen-bond acceptors (Lipinski definition) is 5. The highest BCUT2D eigenvalue weighted by molar-refractivity contribution is 6.00. The molecule has 4 rings (SSSR count). The molecule has 5 heteroatoms. The third-order valence-electron chi connectivity index (χ3n) is 5.25. The minimum Gasteiger partial charge on any atom is -0.382 e. The van der Waals surface area contributed by atoms with Crippen LogP contribution in [0.1, 0.15) is 57.9 Å². The van der Waals surface area contributed by atoms with Crippen molar-refractivity contribution >= 4 is 11.6 Å². The normalized spacial score (nSPS) is 11.6. The summed E-state index contributed by atoms with van der Waals surface area (Å²) in [6.07, 6.45) is -2.16. The molecule has 5 nitrogen and oxygen atoms in total. The number of ketones is 2. The summed E-state index contributed by atoms with van der Waals surface area (Å²) in [6, 6.07) is 35.5. The van der Waals surface area contributed by atoms with Gasteiger partial charge in [0, 0.05) is 24.3 Å². The lowest BCUT2D eigenvalue weighted by Gasteiger charge is -2.09. The molecular formula is C32H34O5. The predicted octanol–water partition coefficient (Wildman–Crippen LogP) is 6.25. The summed E-state index contributed by atoms with van der Waals surface area (Å²) in [7, 11) is 0. The number of carbonyl (C=O) groups is 2. The first kappa shape index (κ1) is 29.3. The minimum absolute atomic E-state index is 0.271. The van der Waals surface area contributed by atoms with Crippen molar-refractivity contribution in [3.05, 3.63) is 144 Å². The first-order valence-corrected chi connectivity index (χ1v) is 12.2. The first-order valence-electron chi connectivity index (χ1n) is 12.2. The van der Waals surface area contributed by atoms with Gasteiger partial charge in [0.2, 0.25) is 0 Å². The largest absolute Gasteiger partial charge is 0.382 e. The fourth-order valence-electron chi connectivity index (χ4n) is 3.30. The zero-order valence-corrected chi connectivity index (χ0v) is 21.2. The molecule has 0 heterocycles. The van der Waals surface area contributed by atoms with Gasteiger partial charge in [-0.15, -0.1) is 0 Å². The number of aliphatic hydroxyl groups excluding tert-OH is 2. The maximum Gasteiger partial charge on any atom is 0.195 e. The number of carbonyl (C=O) groups excluding carboxylic acids is 2. The summed E-state index contributed by atoms with van der Waals surface area (Å²) in [4.78, 5) is 23.8. The molecule has 2 N–H and O–H groups in total. The zero-order valence-electron chi connectivity index (χ0n) is 21.2. The molecule has 0 radical (unpaired) electrons. The third-order valence-corrected chi connectivity index (χ3v) is 5.25. The standard InChI is InChI=1S/2C14H12O2.C4H10O/c2*15-13(11-7-3-1-4-8-11)14(16)12-9-5-2-6-10-12;1-3-5-4-2/h2*1-10,13,15H;3-4H2,1-2H3. The van der Waals surface area contributed by atoms with E-state index in [1.807, 2.05) is 38.1 Å². The van der Waals surface area contributed by atoms with Crippen LogP contribution in [0.4, 0.5) is 0 Å². The number of rotatable bonds is 8. The molecule has 0 spiro atoms. The van der Waals surface area contributed by atoms with Crippen molar-refractivity contribution in [2.24, 2.45) is 0 Å². The van der Waals surface area contributed by atoms with Gasteiger partial charge in [0.1, 0.15) is 12.2 Å². The molecular weight excluding hydrogens is 464 g/mol. The van der Waals surface area contributed by atoms with Crippen LogP contribution in [-0.4, -0.2) is 35.0 Å². The topological polar surface area (TPSA) is 83.8 Å². The number of benzene rings is 4. The van der Waals surface area contributed by atoms with Crippen molar-refractivity contribution in [2.75, 3.05) is 13.2 Å². The second-order valence-corrected chi connectivity index (χ2v) is 7.87. The summed E-state index contributed by atoms with van der Waals surface area (Å²) in [6.45, 7) is 5.67. The maximum absolute atomic E-state index is 11.9. The van der Waals surface area contributed by atoms with E-state index in [0.29, 0.717) is 22.3 Å². The van der Waals surface area contributed by atoms with Gasteiger partial charge in [-0.3, -0.25) is 9.59 Å². The van der Waals surface area contributed by atoms with Gasteiger partial charge in [-0.05, 0) is 25.0 Å². The van der Waals surface area contributed by atoms with E-state index in [-0.39, 0.29) is 11.6 Å². The summed E-state index contributed by atoms with van der Waals surface area (Å²) in [5.74, 6) is -0.543. The van der Waals surface area contributed by atoms with E-state index in [4.69, 9.17) is 4.74 Å². The average molecular weight is 499 g/mol. The van der Waals surface area contributed by atoms with Gasteiger partial charge < -0.3 is 14.9 Å². The molecule has 0 aliphatic rings. The van der Waals surface area contributed by atoms with E-state index >= 15 is 0 Å². The molecule has 0 bridgehead atoms. The van der Waals surface area contributed by atoms with E-state index in [9.17, 15) is 19.8 Å². The van der Waals surface area contributed by atoms with Crippen LogP contribution in [0.3, 0.4) is 0 Å². The molecule has 4 aromatic carbocycles. The monoisotopic (exact) mass is 498 g/mol. The maximum atomic E-state index is 11.9. The molecule has 192 valence electrons. The van der Waals surface area contributed by atoms with E-state index < -0.39 is 12.2 Å². The van der Waals surface area contributed by atoms with Gasteiger partial charge in [-0.2, -0.15) is 0 Å². The van der Waals surface area contributed by atoms with Crippen molar-refractivity contribution in [1.29, 1.82) is 0 Å². The van der Waals surface area contributed by atoms with Gasteiger partial charge in [0.05, 0.1) is 0 Å². The fourth-order valence-corrected chi connectivity index (χ4v) is 3.30. The Morgan fingerprint density at radius 3 is 1.05 bits per heavy atom. The van der Waals surface area contributed by atoms with Crippen LogP contribution < -0.4 is 0 Å². The van der Waals surface area contributed by atoms with Crippen LogP contribution in [0.5, 0.6) is 0 Å². The number of hydrogen-bond donors (Lipinski definition) is 2. The lowest BCUT2D eigenvalue weighted by Crippen LogP contribution is -2.11. The Hall–Kier alpha value is -3.90. The van der Waals surface area contributed by atoms with Gasteiger partial charge in [-0.1, -0.05) is 121 Å². The molecule has 0 fully saturated rings. The highest BCUT2D eigenvalue weighted by Gasteiger charge is 2.19. The van der Waals surface area contributed by atoms with Crippen molar-refractivity contribution < 1.29 is 24.5 Å². The lowest BCUT2D eigenvalue weighted by atomic mass is 10.0. The minimum atomic E-state index is -1.08. The van der Waals surface area contributed by atoms with Gasteiger partial charge >= 0.3 is 0 Å². The Balaban J connectivity index is 0.000000221. The second kappa shape index (κ2) is 16.7.